The highest BCUT2D eigenvalue weighted by atomic mass is 16.6. The van der Waals surface area contributed by atoms with Crippen molar-refractivity contribution in [3.05, 3.63) is 34.4 Å². The molecule has 0 atom stereocenters. The van der Waals surface area contributed by atoms with Gasteiger partial charge in [-0.05, 0) is 12.1 Å². The van der Waals surface area contributed by atoms with Gasteiger partial charge in [0.2, 0.25) is 0 Å². The van der Waals surface area contributed by atoms with E-state index in [4.69, 9.17) is 5.11 Å². The fraction of sp³-hybridized carbons (Fsp3) is 0.300. The molecule has 6 nitrogen and oxygen atoms in total. The molecule has 86 valence electrons. The summed E-state index contributed by atoms with van der Waals surface area (Å²) in [5.74, 6) is -0.867. The van der Waals surface area contributed by atoms with Crippen LogP contribution in [0.15, 0.2) is 24.3 Å². The van der Waals surface area contributed by atoms with Gasteiger partial charge in [-0.1, -0.05) is 0 Å². The molecule has 0 saturated heterocycles. The second-order valence-electron chi connectivity index (χ2n) is 3.34. The number of nitro benzene ring substituents is 1. The third kappa shape index (κ3) is 3.23. The Labute approximate surface area is 92.3 Å². The minimum absolute atomic E-state index is 0.0235. The van der Waals surface area contributed by atoms with Gasteiger partial charge in [0.05, 0.1) is 11.3 Å². The maximum atomic E-state index is 10.4. The molecule has 0 aromatic heterocycles. The van der Waals surface area contributed by atoms with Crippen molar-refractivity contribution >= 4 is 17.3 Å². The van der Waals surface area contributed by atoms with Gasteiger partial charge in [0.1, 0.15) is 0 Å². The summed E-state index contributed by atoms with van der Waals surface area (Å²) in [6.07, 6.45) is 0.0352. The topological polar surface area (TPSA) is 83.7 Å². The van der Waals surface area contributed by atoms with Crippen LogP contribution >= 0.6 is 0 Å². The molecule has 0 bridgehead atoms. The second-order valence-corrected chi connectivity index (χ2v) is 3.34. The summed E-state index contributed by atoms with van der Waals surface area (Å²) in [5.41, 5.74) is 0.780. The van der Waals surface area contributed by atoms with Gasteiger partial charge in [0, 0.05) is 31.4 Å². The van der Waals surface area contributed by atoms with Gasteiger partial charge in [-0.2, -0.15) is 0 Å². The van der Waals surface area contributed by atoms with Crippen LogP contribution in [0.1, 0.15) is 6.42 Å². The second kappa shape index (κ2) is 5.11. The maximum Gasteiger partial charge on any atom is 0.305 e. The van der Waals surface area contributed by atoms with Gasteiger partial charge in [-0.25, -0.2) is 0 Å². The van der Waals surface area contributed by atoms with Crippen LogP contribution < -0.4 is 4.90 Å². The summed E-state index contributed by atoms with van der Waals surface area (Å²) < 4.78 is 0. The highest BCUT2D eigenvalue weighted by Gasteiger charge is 2.07. The molecule has 0 aliphatic heterocycles. The number of non-ortho nitro benzene ring substituents is 1. The Morgan fingerprint density at radius 1 is 1.44 bits per heavy atom. The third-order valence-electron chi connectivity index (χ3n) is 2.16. The van der Waals surface area contributed by atoms with Crippen LogP contribution in [0.3, 0.4) is 0 Å². The fourth-order valence-electron chi connectivity index (χ4n) is 1.22. The van der Waals surface area contributed by atoms with Crippen molar-refractivity contribution in [2.24, 2.45) is 0 Å². The lowest BCUT2D eigenvalue weighted by molar-refractivity contribution is -0.384. The number of nitrogens with zero attached hydrogens (tertiary/aromatic N) is 2. The van der Waals surface area contributed by atoms with Gasteiger partial charge < -0.3 is 10.0 Å². The van der Waals surface area contributed by atoms with Gasteiger partial charge in [0.15, 0.2) is 0 Å². The lowest BCUT2D eigenvalue weighted by Gasteiger charge is -2.17. The SMILES string of the molecule is CN(CCC(=O)O)c1ccc([N+](=O)[O-])cc1. The summed E-state index contributed by atoms with van der Waals surface area (Å²) in [6, 6.07) is 5.99. The van der Waals surface area contributed by atoms with E-state index >= 15 is 0 Å². The van der Waals surface area contributed by atoms with E-state index in [0.29, 0.717) is 6.54 Å². The van der Waals surface area contributed by atoms with Gasteiger partial charge >= 0.3 is 5.97 Å². The molecule has 1 N–H and O–H groups in total. The lowest BCUT2D eigenvalue weighted by atomic mass is 10.2. The number of carbonyl (C=O) groups is 1. The number of carboxylic acid groups (broad SMARTS) is 1. The molecule has 0 spiro atoms. The molecule has 0 unspecified atom stereocenters. The molecule has 1 aromatic carbocycles. The predicted molar refractivity (Wildman–Crippen MR) is 58.6 cm³/mol. The number of hydrogen-bond acceptors (Lipinski definition) is 4. The van der Waals surface area contributed by atoms with Crippen LogP contribution in [0.4, 0.5) is 11.4 Å². The zero-order valence-corrected chi connectivity index (χ0v) is 8.79. The van der Waals surface area contributed by atoms with E-state index in [2.05, 4.69) is 0 Å². The first kappa shape index (κ1) is 12.0. The van der Waals surface area contributed by atoms with E-state index in [0.717, 1.165) is 5.69 Å². The molecular formula is C10H12N2O4. The molecular weight excluding hydrogens is 212 g/mol. The number of carboxylic acids is 1. The van der Waals surface area contributed by atoms with Crippen LogP contribution in [-0.2, 0) is 4.79 Å². The molecule has 0 amide bonds. The van der Waals surface area contributed by atoms with Crippen LogP contribution in [0, 0.1) is 10.1 Å². The number of rotatable bonds is 5. The maximum absolute atomic E-state index is 10.4. The summed E-state index contributed by atoms with van der Waals surface area (Å²) in [7, 11) is 1.74. The first-order valence-corrected chi connectivity index (χ1v) is 4.68. The van der Waals surface area contributed by atoms with E-state index in [1.165, 1.54) is 12.1 Å². The highest BCUT2D eigenvalue weighted by Crippen LogP contribution is 2.18. The van der Waals surface area contributed by atoms with Crippen LogP contribution in [0.25, 0.3) is 0 Å². The van der Waals surface area contributed by atoms with Gasteiger partial charge in [-0.15, -0.1) is 0 Å². The minimum Gasteiger partial charge on any atom is -0.481 e. The summed E-state index contributed by atoms with van der Waals surface area (Å²) in [5, 5.41) is 18.9. The van der Waals surface area contributed by atoms with Crippen molar-refractivity contribution < 1.29 is 14.8 Å². The molecule has 6 heteroatoms. The lowest BCUT2D eigenvalue weighted by Crippen LogP contribution is -2.20. The first-order valence-electron chi connectivity index (χ1n) is 4.68. The van der Waals surface area contributed by atoms with E-state index in [9.17, 15) is 14.9 Å². The van der Waals surface area contributed by atoms with E-state index in [-0.39, 0.29) is 12.1 Å². The van der Waals surface area contributed by atoms with Crippen molar-refractivity contribution in [3.8, 4) is 0 Å². The van der Waals surface area contributed by atoms with Crippen LogP contribution in [0.2, 0.25) is 0 Å². The zero-order valence-electron chi connectivity index (χ0n) is 8.79. The smallest absolute Gasteiger partial charge is 0.305 e. The minimum atomic E-state index is -0.867. The van der Waals surface area contributed by atoms with Crippen molar-refractivity contribution in [2.75, 3.05) is 18.5 Å². The molecule has 0 heterocycles. The van der Waals surface area contributed by atoms with Crippen LogP contribution in [-0.4, -0.2) is 29.6 Å². The summed E-state index contributed by atoms with van der Waals surface area (Å²) in [4.78, 5) is 22.0. The molecule has 1 aromatic rings. The number of hydrogen-bond donors (Lipinski definition) is 1. The monoisotopic (exact) mass is 224 g/mol. The van der Waals surface area contributed by atoms with Gasteiger partial charge in [-0.3, -0.25) is 14.9 Å². The summed E-state index contributed by atoms with van der Waals surface area (Å²) >= 11 is 0. The third-order valence-corrected chi connectivity index (χ3v) is 2.16. The molecule has 0 aliphatic rings. The molecule has 0 saturated carbocycles. The Bertz CT molecular complexity index is 388. The van der Waals surface area contributed by atoms with Crippen molar-refractivity contribution in [2.45, 2.75) is 6.42 Å². The average molecular weight is 224 g/mol. The molecule has 0 fully saturated rings. The average Bonchev–Trinajstić information content (AvgIpc) is 2.26. The summed E-state index contributed by atoms with van der Waals surface area (Å²) in [6.45, 7) is 0.368. The van der Waals surface area contributed by atoms with Crippen molar-refractivity contribution in [3.63, 3.8) is 0 Å². The van der Waals surface area contributed by atoms with E-state index in [1.807, 2.05) is 0 Å². The Balaban J connectivity index is 2.66. The fourth-order valence-corrected chi connectivity index (χ4v) is 1.22. The Morgan fingerprint density at radius 2 is 2.00 bits per heavy atom. The van der Waals surface area contributed by atoms with Crippen LogP contribution in [0.5, 0.6) is 0 Å². The quantitative estimate of drug-likeness (QED) is 0.605. The van der Waals surface area contributed by atoms with Crippen molar-refractivity contribution in [1.82, 2.24) is 0 Å². The number of anilines is 1. The van der Waals surface area contributed by atoms with E-state index in [1.54, 1.807) is 24.1 Å². The normalized spacial score (nSPS) is 9.81. The molecule has 1 rings (SSSR count). The van der Waals surface area contributed by atoms with E-state index < -0.39 is 10.9 Å². The molecule has 0 aliphatic carbocycles. The number of benzene rings is 1. The Hall–Kier alpha value is -2.11. The Kier molecular flexibility index (Phi) is 3.82. The largest absolute Gasteiger partial charge is 0.481 e. The molecule has 0 radical (unpaired) electrons. The number of aliphatic carboxylic acids is 1. The highest BCUT2D eigenvalue weighted by molar-refractivity contribution is 5.67. The Morgan fingerprint density at radius 3 is 2.44 bits per heavy atom. The number of nitro groups is 1. The molecule has 16 heavy (non-hydrogen) atoms. The predicted octanol–water partition coefficient (Wildman–Crippen LogP) is 1.51. The van der Waals surface area contributed by atoms with Crippen molar-refractivity contribution in [1.29, 1.82) is 0 Å². The zero-order chi connectivity index (χ0) is 12.1. The standard InChI is InChI=1S/C10H12N2O4/c1-11(7-6-10(13)14)8-2-4-9(5-3-8)12(15)16/h2-5H,6-7H2,1H3,(H,13,14). The first-order chi connectivity index (χ1) is 7.50. The van der Waals surface area contributed by atoms with Gasteiger partial charge in [0.25, 0.3) is 5.69 Å².